The Kier molecular flexibility index (Phi) is 4.27. The van der Waals surface area contributed by atoms with Crippen LogP contribution in [0.4, 0.5) is 17.5 Å². The molecule has 0 saturated carbocycles. The lowest BCUT2D eigenvalue weighted by Crippen LogP contribution is -2.45. The van der Waals surface area contributed by atoms with Crippen molar-refractivity contribution in [1.82, 2.24) is 15.2 Å². The summed E-state index contributed by atoms with van der Waals surface area (Å²) >= 11 is 0. The number of nitrogens with one attached hydrogen (secondary N) is 1. The molecule has 2 aliphatic rings. The Morgan fingerprint density at radius 2 is 1.84 bits per heavy atom. The molecule has 0 unspecified atom stereocenters. The van der Waals surface area contributed by atoms with Crippen LogP contribution in [0.25, 0.3) is 0 Å². The predicted octanol–water partition coefficient (Wildman–Crippen LogP) is 2.58. The van der Waals surface area contributed by atoms with Gasteiger partial charge in [0, 0.05) is 31.6 Å². The van der Waals surface area contributed by atoms with Gasteiger partial charge in [0.15, 0.2) is 11.6 Å². The fourth-order valence-corrected chi connectivity index (χ4v) is 3.31. The first-order chi connectivity index (χ1) is 12.1. The van der Waals surface area contributed by atoms with Crippen LogP contribution >= 0.6 is 0 Å². The zero-order valence-corrected chi connectivity index (χ0v) is 14.7. The first kappa shape index (κ1) is 16.2. The zero-order valence-electron chi connectivity index (χ0n) is 14.7. The molecule has 132 valence electrons. The van der Waals surface area contributed by atoms with E-state index in [0.29, 0.717) is 19.2 Å². The molecule has 2 fully saturated rings. The maximum absolute atomic E-state index is 5.78. The second kappa shape index (κ2) is 6.57. The number of aromatic nitrogens is 3. The summed E-state index contributed by atoms with van der Waals surface area (Å²) < 4.78 is 11.6. The number of benzene rings is 1. The van der Waals surface area contributed by atoms with E-state index in [1.807, 2.05) is 6.07 Å². The Morgan fingerprint density at radius 3 is 2.56 bits per heavy atom. The third-order valence-corrected chi connectivity index (χ3v) is 4.97. The summed E-state index contributed by atoms with van der Waals surface area (Å²) in [5, 5.41) is 11.4. The van der Waals surface area contributed by atoms with E-state index in [1.165, 1.54) is 11.1 Å². The maximum atomic E-state index is 5.78. The second-order valence-corrected chi connectivity index (χ2v) is 6.66. The molecule has 0 atom stereocenters. The van der Waals surface area contributed by atoms with Crippen LogP contribution in [-0.2, 0) is 9.47 Å². The first-order valence-electron chi connectivity index (χ1n) is 8.70. The summed E-state index contributed by atoms with van der Waals surface area (Å²) in [6.45, 7) is 7.24. The van der Waals surface area contributed by atoms with E-state index in [2.05, 4.69) is 51.4 Å². The van der Waals surface area contributed by atoms with Gasteiger partial charge in [-0.05, 0) is 37.1 Å². The maximum Gasteiger partial charge on any atom is 0.249 e. The molecule has 3 heterocycles. The third kappa shape index (κ3) is 3.43. The molecular formula is C18H23N5O2. The topological polar surface area (TPSA) is 72.4 Å². The summed E-state index contributed by atoms with van der Waals surface area (Å²) in [5.74, 6) is 0.959. The number of anilines is 3. The number of ether oxygens (including phenoxy) is 2. The molecule has 0 bridgehead atoms. The van der Waals surface area contributed by atoms with Crippen molar-refractivity contribution in [3.05, 3.63) is 35.5 Å². The van der Waals surface area contributed by atoms with Crippen molar-refractivity contribution in [1.29, 1.82) is 0 Å². The highest BCUT2D eigenvalue weighted by Crippen LogP contribution is 2.32. The molecule has 1 aromatic heterocycles. The second-order valence-electron chi connectivity index (χ2n) is 6.66. The molecule has 1 N–H and O–H groups in total. The zero-order chi connectivity index (χ0) is 17.3. The monoisotopic (exact) mass is 341 g/mol. The van der Waals surface area contributed by atoms with Crippen LogP contribution in [0.2, 0.25) is 0 Å². The Labute approximate surface area is 147 Å². The molecule has 1 spiro atoms. The Balaban J connectivity index is 1.45. The highest BCUT2D eigenvalue weighted by Gasteiger charge is 2.40. The molecule has 1 aromatic carbocycles. The number of rotatable bonds is 3. The fraction of sp³-hybridized carbons (Fsp3) is 0.500. The van der Waals surface area contributed by atoms with Gasteiger partial charge in [-0.25, -0.2) is 0 Å². The molecule has 0 amide bonds. The molecule has 2 aromatic rings. The summed E-state index contributed by atoms with van der Waals surface area (Å²) in [6.07, 6.45) is 3.40. The fourth-order valence-electron chi connectivity index (χ4n) is 3.31. The van der Waals surface area contributed by atoms with Crippen LogP contribution in [0.1, 0.15) is 24.0 Å². The van der Waals surface area contributed by atoms with Gasteiger partial charge in [0.2, 0.25) is 5.95 Å². The van der Waals surface area contributed by atoms with Crippen LogP contribution < -0.4 is 10.2 Å². The molecule has 25 heavy (non-hydrogen) atoms. The average Bonchev–Trinajstić information content (AvgIpc) is 3.07. The lowest BCUT2D eigenvalue weighted by molar-refractivity contribution is -0.169. The number of hydrogen-bond acceptors (Lipinski definition) is 7. The van der Waals surface area contributed by atoms with Crippen molar-refractivity contribution in [2.24, 2.45) is 0 Å². The highest BCUT2D eigenvalue weighted by atomic mass is 16.7. The van der Waals surface area contributed by atoms with Crippen LogP contribution in [0, 0.1) is 13.8 Å². The van der Waals surface area contributed by atoms with Crippen LogP contribution in [0.5, 0.6) is 0 Å². The van der Waals surface area contributed by atoms with Crippen LogP contribution in [0.3, 0.4) is 0 Å². The minimum Gasteiger partial charge on any atom is -0.355 e. The van der Waals surface area contributed by atoms with E-state index < -0.39 is 0 Å². The van der Waals surface area contributed by atoms with Gasteiger partial charge < -0.3 is 19.7 Å². The van der Waals surface area contributed by atoms with E-state index in [-0.39, 0.29) is 5.79 Å². The van der Waals surface area contributed by atoms with E-state index in [9.17, 15) is 0 Å². The van der Waals surface area contributed by atoms with Crippen molar-refractivity contribution < 1.29 is 9.47 Å². The van der Waals surface area contributed by atoms with Gasteiger partial charge in [0.05, 0.1) is 19.4 Å². The molecule has 0 aliphatic carbocycles. The smallest absolute Gasteiger partial charge is 0.249 e. The number of aryl methyl sites for hydroxylation is 2. The summed E-state index contributed by atoms with van der Waals surface area (Å²) in [7, 11) is 0. The first-order valence-corrected chi connectivity index (χ1v) is 8.70. The van der Waals surface area contributed by atoms with Gasteiger partial charge in [-0.1, -0.05) is 6.07 Å². The minimum atomic E-state index is -0.378. The van der Waals surface area contributed by atoms with E-state index in [1.54, 1.807) is 6.20 Å². The Bertz CT molecular complexity index is 751. The van der Waals surface area contributed by atoms with Gasteiger partial charge in [-0.15, -0.1) is 5.10 Å². The van der Waals surface area contributed by atoms with E-state index >= 15 is 0 Å². The van der Waals surface area contributed by atoms with Crippen molar-refractivity contribution in [3.63, 3.8) is 0 Å². The lowest BCUT2D eigenvalue weighted by Gasteiger charge is -2.37. The molecule has 2 saturated heterocycles. The van der Waals surface area contributed by atoms with Gasteiger partial charge in [-0.2, -0.15) is 10.1 Å². The number of piperidine rings is 1. The molecular weight excluding hydrogens is 318 g/mol. The summed E-state index contributed by atoms with van der Waals surface area (Å²) in [6, 6.07) is 6.20. The van der Waals surface area contributed by atoms with Crippen molar-refractivity contribution in [2.75, 3.05) is 36.5 Å². The standard InChI is InChI=1S/C18H23N5O2/c1-13-3-4-15(11-14(13)2)20-17-21-16(12-19-22-17)23-7-5-18(6-8-23)24-9-10-25-18/h3-4,11-12H,5-10H2,1-2H3,(H,20,21,22). The SMILES string of the molecule is Cc1ccc(Nc2nncc(N3CCC4(CC3)OCCO4)n2)cc1C. The summed E-state index contributed by atoms with van der Waals surface area (Å²) in [5.41, 5.74) is 3.45. The van der Waals surface area contributed by atoms with Gasteiger partial charge in [-0.3, -0.25) is 0 Å². The van der Waals surface area contributed by atoms with Crippen LogP contribution in [0.15, 0.2) is 24.4 Å². The molecule has 7 nitrogen and oxygen atoms in total. The summed E-state index contributed by atoms with van der Waals surface area (Å²) in [4.78, 5) is 6.82. The quantitative estimate of drug-likeness (QED) is 0.920. The lowest BCUT2D eigenvalue weighted by atomic mass is 10.0. The largest absolute Gasteiger partial charge is 0.355 e. The average molecular weight is 341 g/mol. The Morgan fingerprint density at radius 1 is 1.08 bits per heavy atom. The highest BCUT2D eigenvalue weighted by molar-refractivity contribution is 5.56. The molecule has 2 aliphatic heterocycles. The minimum absolute atomic E-state index is 0.378. The molecule has 4 rings (SSSR count). The van der Waals surface area contributed by atoms with E-state index in [4.69, 9.17) is 9.47 Å². The third-order valence-electron chi connectivity index (χ3n) is 4.97. The normalized spacial score (nSPS) is 19.4. The van der Waals surface area contributed by atoms with Gasteiger partial charge in [0.1, 0.15) is 0 Å². The Hall–Kier alpha value is -2.25. The van der Waals surface area contributed by atoms with Crippen molar-refractivity contribution in [2.45, 2.75) is 32.5 Å². The molecule has 0 radical (unpaired) electrons. The predicted molar refractivity (Wildman–Crippen MR) is 95.1 cm³/mol. The molecule has 7 heteroatoms. The van der Waals surface area contributed by atoms with Crippen molar-refractivity contribution in [3.8, 4) is 0 Å². The van der Waals surface area contributed by atoms with Gasteiger partial charge in [0.25, 0.3) is 0 Å². The van der Waals surface area contributed by atoms with Gasteiger partial charge >= 0.3 is 0 Å². The number of hydrogen-bond donors (Lipinski definition) is 1. The van der Waals surface area contributed by atoms with E-state index in [0.717, 1.165) is 37.4 Å². The van der Waals surface area contributed by atoms with Crippen molar-refractivity contribution >= 4 is 17.5 Å². The van der Waals surface area contributed by atoms with Crippen LogP contribution in [-0.4, -0.2) is 47.3 Å². The number of nitrogens with zero attached hydrogens (tertiary/aromatic N) is 4.